The van der Waals surface area contributed by atoms with Gasteiger partial charge in [0.2, 0.25) is 5.91 Å². The number of guanidine groups is 1. The average Bonchev–Trinajstić information content (AvgIpc) is 3.03. The molecule has 1 aromatic carbocycles. The summed E-state index contributed by atoms with van der Waals surface area (Å²) in [6.45, 7) is 2.23. The summed E-state index contributed by atoms with van der Waals surface area (Å²) < 4.78 is 0. The summed E-state index contributed by atoms with van der Waals surface area (Å²) in [7, 11) is 0. The summed E-state index contributed by atoms with van der Waals surface area (Å²) in [6, 6.07) is 6.37. The van der Waals surface area contributed by atoms with Crippen molar-refractivity contribution in [1.82, 2.24) is 4.90 Å². The van der Waals surface area contributed by atoms with Crippen LogP contribution in [0.15, 0.2) is 23.2 Å². The van der Waals surface area contributed by atoms with Crippen LogP contribution in [0.5, 0.6) is 0 Å². The monoisotopic (exact) mass is 442 g/mol. The van der Waals surface area contributed by atoms with E-state index in [9.17, 15) is 4.79 Å². The van der Waals surface area contributed by atoms with Gasteiger partial charge in [0, 0.05) is 25.2 Å². The van der Waals surface area contributed by atoms with Crippen LogP contribution in [0.2, 0.25) is 0 Å². The third-order valence-electron chi connectivity index (χ3n) is 4.69. The second kappa shape index (κ2) is 9.25. The Morgan fingerprint density at radius 3 is 2.67 bits per heavy atom. The Balaban J connectivity index is 0.00000208. The third-order valence-corrected chi connectivity index (χ3v) is 4.69. The molecule has 5 nitrogen and oxygen atoms in total. The third kappa shape index (κ3) is 5.09. The van der Waals surface area contributed by atoms with E-state index in [4.69, 9.17) is 5.73 Å². The maximum absolute atomic E-state index is 12.1. The number of carbonyl (C=O) groups is 1. The van der Waals surface area contributed by atoms with E-state index >= 15 is 0 Å². The molecule has 0 saturated carbocycles. The summed E-state index contributed by atoms with van der Waals surface area (Å²) in [5.41, 5.74) is 9.76. The fourth-order valence-electron chi connectivity index (χ4n) is 3.41. The van der Waals surface area contributed by atoms with Gasteiger partial charge in [0.1, 0.15) is 0 Å². The van der Waals surface area contributed by atoms with Crippen molar-refractivity contribution in [2.45, 2.75) is 44.9 Å². The van der Waals surface area contributed by atoms with Crippen molar-refractivity contribution in [3.8, 4) is 0 Å². The van der Waals surface area contributed by atoms with Gasteiger partial charge >= 0.3 is 0 Å². The Kier molecular flexibility index (Phi) is 7.33. The maximum Gasteiger partial charge on any atom is 0.224 e. The minimum Gasteiger partial charge on any atom is -0.370 e. The highest BCUT2D eigenvalue weighted by atomic mass is 127. The molecular formula is C18H27IN4O. The van der Waals surface area contributed by atoms with Crippen LogP contribution in [0.25, 0.3) is 0 Å². The molecule has 0 spiro atoms. The van der Waals surface area contributed by atoms with Gasteiger partial charge < -0.3 is 16.0 Å². The first kappa shape index (κ1) is 19.0. The molecule has 2 aliphatic rings. The molecule has 3 N–H and O–H groups in total. The first-order chi connectivity index (χ1) is 11.2. The number of aliphatic imine (C=N–C) groups is 1. The van der Waals surface area contributed by atoms with E-state index in [-0.39, 0.29) is 29.9 Å². The Bertz CT molecular complexity index is 597. The van der Waals surface area contributed by atoms with Crippen LogP contribution in [-0.2, 0) is 17.6 Å². The summed E-state index contributed by atoms with van der Waals surface area (Å²) in [5, 5.41) is 3.13. The fourth-order valence-corrected chi connectivity index (χ4v) is 3.41. The van der Waals surface area contributed by atoms with E-state index in [0.717, 1.165) is 38.0 Å². The fraction of sp³-hybridized carbons (Fsp3) is 0.556. The van der Waals surface area contributed by atoms with Gasteiger partial charge in [-0.05, 0) is 61.8 Å². The second-order valence-electron chi connectivity index (χ2n) is 6.42. The number of fused-ring (bicyclic) bond motifs is 1. The van der Waals surface area contributed by atoms with Gasteiger partial charge in [-0.1, -0.05) is 6.07 Å². The van der Waals surface area contributed by atoms with Crippen molar-refractivity contribution < 1.29 is 4.79 Å². The van der Waals surface area contributed by atoms with E-state index in [2.05, 4.69) is 22.4 Å². The van der Waals surface area contributed by atoms with Gasteiger partial charge in [0.25, 0.3) is 0 Å². The van der Waals surface area contributed by atoms with Crippen molar-refractivity contribution in [2.24, 2.45) is 10.7 Å². The Hall–Kier alpha value is -1.31. The van der Waals surface area contributed by atoms with Gasteiger partial charge in [-0.3, -0.25) is 9.79 Å². The second-order valence-corrected chi connectivity index (χ2v) is 6.42. The first-order valence-electron chi connectivity index (χ1n) is 8.69. The number of hydrogen-bond acceptors (Lipinski definition) is 2. The number of hydrogen-bond donors (Lipinski definition) is 2. The molecule has 0 bridgehead atoms. The Labute approximate surface area is 161 Å². The van der Waals surface area contributed by atoms with E-state index < -0.39 is 0 Å². The number of halogens is 1. The lowest BCUT2D eigenvalue weighted by Gasteiger charge is -2.26. The van der Waals surface area contributed by atoms with E-state index in [1.807, 2.05) is 11.0 Å². The predicted octanol–water partition coefficient (Wildman–Crippen LogP) is 2.92. The van der Waals surface area contributed by atoms with Crippen LogP contribution >= 0.6 is 24.0 Å². The zero-order valence-corrected chi connectivity index (χ0v) is 16.4. The number of nitrogens with one attached hydrogen (secondary N) is 1. The highest BCUT2D eigenvalue weighted by molar-refractivity contribution is 14.0. The van der Waals surface area contributed by atoms with Crippen LogP contribution < -0.4 is 11.1 Å². The van der Waals surface area contributed by atoms with Gasteiger partial charge in [0.05, 0.1) is 6.54 Å². The number of carbonyl (C=O) groups excluding carboxylic acids is 1. The minimum absolute atomic E-state index is 0. The molecular weight excluding hydrogens is 415 g/mol. The number of nitrogens with two attached hydrogens (primary N) is 1. The molecule has 1 heterocycles. The molecule has 0 unspecified atom stereocenters. The minimum atomic E-state index is 0. The highest BCUT2D eigenvalue weighted by Gasteiger charge is 2.15. The van der Waals surface area contributed by atoms with Crippen LogP contribution in [0, 0.1) is 0 Å². The molecule has 0 radical (unpaired) electrons. The Morgan fingerprint density at radius 1 is 1.12 bits per heavy atom. The summed E-state index contributed by atoms with van der Waals surface area (Å²) in [5.74, 6) is 0.577. The number of benzene rings is 1. The molecule has 3 rings (SSSR count). The van der Waals surface area contributed by atoms with Crippen LogP contribution in [0.1, 0.15) is 43.2 Å². The van der Waals surface area contributed by atoms with E-state index in [0.29, 0.717) is 18.9 Å². The lowest BCUT2D eigenvalue weighted by molar-refractivity contribution is -0.131. The topological polar surface area (TPSA) is 70.7 Å². The van der Waals surface area contributed by atoms with Crippen molar-refractivity contribution in [3.63, 3.8) is 0 Å². The molecule has 1 saturated heterocycles. The van der Waals surface area contributed by atoms with Crippen molar-refractivity contribution >= 4 is 41.5 Å². The predicted molar refractivity (Wildman–Crippen MR) is 109 cm³/mol. The molecule has 0 atom stereocenters. The zero-order valence-electron chi connectivity index (χ0n) is 14.1. The molecule has 1 aliphatic carbocycles. The molecule has 0 aromatic heterocycles. The number of nitrogens with zero attached hydrogens (tertiary/aromatic N) is 2. The number of likely N-dealkylation sites (tertiary alicyclic amines) is 1. The van der Waals surface area contributed by atoms with Crippen molar-refractivity contribution in [3.05, 3.63) is 29.3 Å². The summed E-state index contributed by atoms with van der Waals surface area (Å²) in [4.78, 5) is 18.3. The SMILES string of the molecule is I.NC(=NCCC(=O)N1CCCCC1)Nc1ccc2c(c1)CCC2. The van der Waals surface area contributed by atoms with Crippen molar-refractivity contribution in [2.75, 3.05) is 25.0 Å². The molecule has 24 heavy (non-hydrogen) atoms. The quantitative estimate of drug-likeness (QED) is 0.428. The molecule has 132 valence electrons. The van der Waals surface area contributed by atoms with Gasteiger partial charge in [-0.15, -0.1) is 24.0 Å². The smallest absolute Gasteiger partial charge is 0.224 e. The van der Waals surface area contributed by atoms with Crippen LogP contribution in [-0.4, -0.2) is 36.4 Å². The molecule has 1 aliphatic heterocycles. The first-order valence-corrected chi connectivity index (χ1v) is 8.69. The molecule has 1 fully saturated rings. The normalized spacial score (nSPS) is 17.2. The average molecular weight is 442 g/mol. The lowest BCUT2D eigenvalue weighted by atomic mass is 10.1. The maximum atomic E-state index is 12.1. The number of rotatable bonds is 4. The molecule has 1 amide bonds. The summed E-state index contributed by atoms with van der Waals surface area (Å²) >= 11 is 0. The lowest BCUT2D eigenvalue weighted by Crippen LogP contribution is -2.36. The number of piperidine rings is 1. The number of amides is 1. The standard InChI is InChI=1S/C18H26N4O.HI/c19-18(20-10-9-17(23)22-11-2-1-3-12-22)21-16-8-7-14-5-4-6-15(14)13-16;/h7-8,13H,1-6,9-12H2,(H3,19,20,21);1H. The van der Waals surface area contributed by atoms with Gasteiger partial charge in [-0.2, -0.15) is 0 Å². The van der Waals surface area contributed by atoms with Gasteiger partial charge in [0.15, 0.2) is 5.96 Å². The van der Waals surface area contributed by atoms with E-state index in [1.165, 1.54) is 30.4 Å². The Morgan fingerprint density at radius 2 is 1.88 bits per heavy atom. The van der Waals surface area contributed by atoms with Crippen LogP contribution in [0.3, 0.4) is 0 Å². The zero-order chi connectivity index (χ0) is 16.1. The van der Waals surface area contributed by atoms with Crippen LogP contribution in [0.4, 0.5) is 5.69 Å². The van der Waals surface area contributed by atoms with Crippen molar-refractivity contribution in [1.29, 1.82) is 0 Å². The molecule has 1 aromatic rings. The largest absolute Gasteiger partial charge is 0.370 e. The highest BCUT2D eigenvalue weighted by Crippen LogP contribution is 2.24. The summed E-state index contributed by atoms with van der Waals surface area (Å²) in [6.07, 6.45) is 7.48. The number of aryl methyl sites for hydroxylation is 2. The molecule has 6 heteroatoms. The van der Waals surface area contributed by atoms with E-state index in [1.54, 1.807) is 0 Å². The van der Waals surface area contributed by atoms with Gasteiger partial charge in [-0.25, -0.2) is 0 Å². The number of anilines is 1.